The minimum absolute atomic E-state index is 1.15. The Balaban J connectivity index is 1.61. The molecule has 0 amide bonds. The molecule has 0 radical (unpaired) electrons. The average Bonchev–Trinajstić information content (AvgIpc) is 3.20. The van der Waals surface area contributed by atoms with Crippen LogP contribution in [0.25, 0.3) is 45.1 Å². The molecule has 2 aromatic carbocycles. The molecule has 0 aliphatic heterocycles. The monoisotopic (exact) mass is 358 g/mol. The lowest BCUT2D eigenvalue weighted by Crippen LogP contribution is -2.33. The number of rotatable bonds is 1. The lowest BCUT2D eigenvalue weighted by atomic mass is 9.98. The summed E-state index contributed by atoms with van der Waals surface area (Å²) in [5.74, 6) is 0. The summed E-state index contributed by atoms with van der Waals surface area (Å²) in [4.78, 5) is 0. The van der Waals surface area contributed by atoms with Crippen LogP contribution < -0.4 is 19.2 Å². The van der Waals surface area contributed by atoms with E-state index < -0.39 is 0 Å². The van der Waals surface area contributed by atoms with Gasteiger partial charge >= 0.3 is 0 Å². The quantitative estimate of drug-likeness (QED) is 0.366. The van der Waals surface area contributed by atoms with E-state index in [2.05, 4.69) is 99.1 Å². The first-order chi connectivity index (χ1) is 13.7. The molecule has 4 aromatic rings. The average molecular weight is 358 g/mol. The predicted molar refractivity (Wildman–Crippen MR) is 113 cm³/mol. The number of hydrogen-bond acceptors (Lipinski definition) is 0. The standard InChI is InChI=1S/C26H18N2/c1-27-23-9-5-3-7-19(23)21-15-17(11-13-25(21)27)18-12-14-26-22(16-18)20-8-4-6-10-24(20)28(26)2/h3-16H,1-2H2/q-2. The van der Waals surface area contributed by atoms with Crippen molar-refractivity contribution in [1.82, 2.24) is 0 Å². The van der Waals surface area contributed by atoms with Crippen LogP contribution in [0.1, 0.15) is 11.1 Å². The van der Waals surface area contributed by atoms with Crippen molar-refractivity contribution in [3.8, 4) is 11.1 Å². The topological polar surface area (TPSA) is 11.8 Å². The second kappa shape index (κ2) is 5.37. The molecule has 28 heavy (non-hydrogen) atoms. The number of allylic oxidation sites excluding steroid dienone is 4. The number of nitrogens with zero attached hydrogens (tertiary/aromatic N) is 2. The highest BCUT2D eigenvalue weighted by atomic mass is 14.8. The summed E-state index contributed by atoms with van der Waals surface area (Å²) in [7, 11) is 0. The highest BCUT2D eigenvalue weighted by molar-refractivity contribution is 5.91. The van der Waals surface area contributed by atoms with Gasteiger partial charge in [-0.2, -0.15) is 25.0 Å². The maximum atomic E-state index is 4.22. The molecule has 0 atom stereocenters. The predicted octanol–water partition coefficient (Wildman–Crippen LogP) is 2.76. The molecule has 0 fully saturated rings. The summed E-state index contributed by atoms with van der Waals surface area (Å²) < 4.78 is 4.04. The number of aromatic nitrogens is 2. The maximum absolute atomic E-state index is 4.22. The molecule has 2 aliphatic rings. The second-order valence-corrected chi connectivity index (χ2v) is 7.35. The Hall–Kier alpha value is -3.78. The van der Waals surface area contributed by atoms with Crippen molar-refractivity contribution in [2.45, 2.75) is 0 Å². The zero-order chi connectivity index (χ0) is 18.8. The number of benzene rings is 2. The molecule has 2 aromatic heterocycles. The molecule has 0 saturated carbocycles. The Morgan fingerprint density at radius 3 is 1.64 bits per heavy atom. The smallest absolute Gasteiger partial charge is 0.103 e. The lowest BCUT2D eigenvalue weighted by molar-refractivity contribution is -0.481. The van der Waals surface area contributed by atoms with Crippen molar-refractivity contribution < 1.29 is 8.49 Å². The summed E-state index contributed by atoms with van der Waals surface area (Å²) in [5.41, 5.74) is 7.22. The number of fused-ring (bicyclic) bond motifs is 6. The van der Waals surface area contributed by atoms with Gasteiger partial charge in [0.15, 0.2) is 0 Å². The van der Waals surface area contributed by atoms with Gasteiger partial charge in [-0.25, -0.2) is 0 Å². The van der Waals surface area contributed by atoms with Crippen LogP contribution in [-0.2, 0) is 0 Å². The van der Waals surface area contributed by atoms with Gasteiger partial charge in [0.05, 0.1) is 24.1 Å². The SMILES string of the molecule is C=[n+]1c2c(c3cc(-c4cc[c-]5c(c4)c4c([n+]5=C)=CC=C[CH-]4)cc[c-]31)[CH-]C=CC=2. The van der Waals surface area contributed by atoms with Crippen LogP contribution in [0.3, 0.4) is 0 Å². The fraction of sp³-hybridized carbons (Fsp3) is 0. The van der Waals surface area contributed by atoms with E-state index in [9.17, 15) is 0 Å². The van der Waals surface area contributed by atoms with Crippen molar-refractivity contribution in [3.05, 3.63) is 109 Å². The Bertz CT molecular complexity index is 1460. The minimum Gasteiger partial charge on any atom is -0.276 e. The van der Waals surface area contributed by atoms with E-state index in [0.29, 0.717) is 0 Å². The van der Waals surface area contributed by atoms with Gasteiger partial charge in [0.1, 0.15) is 11.0 Å². The molecular weight excluding hydrogens is 340 g/mol. The minimum atomic E-state index is 1.15. The summed E-state index contributed by atoms with van der Waals surface area (Å²) in [6, 6.07) is 13.3. The first kappa shape index (κ1) is 15.3. The van der Waals surface area contributed by atoms with Gasteiger partial charge in [0.2, 0.25) is 0 Å². The molecule has 2 heteroatoms. The molecule has 0 N–H and O–H groups in total. The van der Waals surface area contributed by atoms with Gasteiger partial charge in [0, 0.05) is 0 Å². The fourth-order valence-corrected chi connectivity index (χ4v) is 4.47. The van der Waals surface area contributed by atoms with E-state index in [4.69, 9.17) is 0 Å². The molecule has 0 unspecified atom stereocenters. The van der Waals surface area contributed by atoms with Crippen molar-refractivity contribution in [2.24, 2.45) is 0 Å². The van der Waals surface area contributed by atoms with Gasteiger partial charge in [-0.05, 0) is 0 Å². The third-order valence-electron chi connectivity index (χ3n) is 5.88. The van der Waals surface area contributed by atoms with Crippen LogP contribution in [0.5, 0.6) is 0 Å². The Labute approximate surface area is 162 Å². The lowest BCUT2D eigenvalue weighted by Gasteiger charge is -2.13. The summed E-state index contributed by atoms with van der Waals surface area (Å²) in [5, 5.41) is 4.79. The molecular formula is C26H18N2-2. The molecule has 0 bridgehead atoms. The van der Waals surface area contributed by atoms with E-state index >= 15 is 0 Å². The molecule has 134 valence electrons. The molecule has 2 heterocycles. The Kier molecular flexibility index (Phi) is 2.93. The van der Waals surface area contributed by atoms with Crippen LogP contribution in [-0.4, -0.2) is 0 Å². The summed E-state index contributed by atoms with van der Waals surface area (Å²) in [6.45, 7) is 8.45. The zero-order valence-corrected chi connectivity index (χ0v) is 15.4. The van der Waals surface area contributed by atoms with E-state index in [1.54, 1.807) is 0 Å². The van der Waals surface area contributed by atoms with E-state index in [1.807, 2.05) is 8.49 Å². The van der Waals surface area contributed by atoms with Crippen LogP contribution in [0.15, 0.2) is 60.7 Å². The molecule has 0 spiro atoms. The highest BCUT2D eigenvalue weighted by Crippen LogP contribution is 2.28. The summed E-state index contributed by atoms with van der Waals surface area (Å²) >= 11 is 0. The third-order valence-corrected chi connectivity index (χ3v) is 5.88. The largest absolute Gasteiger partial charge is 0.276 e. The third kappa shape index (κ3) is 1.92. The normalized spacial score (nSPS) is 14.1. The Morgan fingerprint density at radius 1 is 0.714 bits per heavy atom. The van der Waals surface area contributed by atoms with Crippen LogP contribution >= 0.6 is 0 Å². The second-order valence-electron chi connectivity index (χ2n) is 7.35. The molecule has 6 rings (SSSR count). The molecule has 0 saturated heterocycles. The van der Waals surface area contributed by atoms with Crippen molar-refractivity contribution in [3.63, 3.8) is 0 Å². The van der Waals surface area contributed by atoms with Crippen molar-refractivity contribution in [2.75, 3.05) is 0 Å². The molecule has 2 nitrogen and oxygen atoms in total. The Morgan fingerprint density at radius 2 is 1.18 bits per heavy atom. The first-order valence-corrected chi connectivity index (χ1v) is 9.41. The van der Waals surface area contributed by atoms with Gasteiger partial charge in [-0.15, -0.1) is 58.3 Å². The van der Waals surface area contributed by atoms with Crippen molar-refractivity contribution in [1.29, 1.82) is 0 Å². The van der Waals surface area contributed by atoms with Gasteiger partial charge in [0.25, 0.3) is 0 Å². The van der Waals surface area contributed by atoms with Crippen molar-refractivity contribution >= 4 is 34.0 Å². The zero-order valence-electron chi connectivity index (χ0n) is 15.4. The van der Waals surface area contributed by atoms with Gasteiger partial charge in [-0.1, -0.05) is 35.4 Å². The fourth-order valence-electron chi connectivity index (χ4n) is 4.47. The van der Waals surface area contributed by atoms with Gasteiger partial charge < -0.3 is 0 Å². The van der Waals surface area contributed by atoms with Crippen LogP contribution in [0.4, 0.5) is 0 Å². The van der Waals surface area contributed by atoms with E-state index in [-0.39, 0.29) is 0 Å². The van der Waals surface area contributed by atoms with Crippen LogP contribution in [0, 0.1) is 26.3 Å². The highest BCUT2D eigenvalue weighted by Gasteiger charge is 2.08. The van der Waals surface area contributed by atoms with E-state index in [1.165, 1.54) is 33.0 Å². The molecule has 2 aliphatic carbocycles. The first-order valence-electron chi connectivity index (χ1n) is 9.41. The van der Waals surface area contributed by atoms with Gasteiger partial charge in [-0.3, -0.25) is 8.49 Å². The maximum Gasteiger partial charge on any atom is 0.103 e. The number of hydrogen-bond donors (Lipinski definition) is 0. The van der Waals surface area contributed by atoms with E-state index in [0.717, 1.165) is 21.7 Å². The van der Waals surface area contributed by atoms with Crippen LogP contribution in [0.2, 0.25) is 0 Å². The summed E-state index contributed by atoms with van der Waals surface area (Å²) in [6.07, 6.45) is 16.9.